The Morgan fingerprint density at radius 1 is 0.852 bits per heavy atom. The number of carbonyl (C=O) groups excluding carboxylic acids is 3. The van der Waals surface area contributed by atoms with Crippen molar-refractivity contribution in [3.8, 4) is 0 Å². The molecule has 1 atom stereocenters. The second-order valence-corrected chi connectivity index (χ2v) is 6.30. The highest BCUT2D eigenvalue weighted by Crippen LogP contribution is 2.24. The molecule has 6 heteroatoms. The predicted molar refractivity (Wildman–Crippen MR) is 98.2 cm³/mol. The number of hydrogen-bond acceptors (Lipinski definition) is 5. The largest absolute Gasteiger partial charge is 0.465 e. The number of esters is 2. The third-order valence-electron chi connectivity index (χ3n) is 4.51. The number of rotatable bonds is 5. The standard InChI is InChI=1S/C21H21NO5/c1-26-20(24)16-9-11-17(12-10-16)21(25)27-18(15-7-3-2-4-8-15)19(23)22-13-5-6-14-22/h2-4,7-12,18H,5-6,13-14H2,1H3/t18-/m1/s1. The summed E-state index contributed by atoms with van der Waals surface area (Å²) in [6, 6.07) is 14.9. The number of carbonyl (C=O) groups is 3. The van der Waals surface area contributed by atoms with Gasteiger partial charge in [-0.1, -0.05) is 30.3 Å². The van der Waals surface area contributed by atoms with E-state index in [1.54, 1.807) is 29.2 Å². The SMILES string of the molecule is COC(=O)c1ccc(C(=O)O[C@@H](C(=O)N2CCCC2)c2ccccc2)cc1. The first kappa shape index (κ1) is 18.6. The topological polar surface area (TPSA) is 72.9 Å². The van der Waals surface area contributed by atoms with Crippen molar-refractivity contribution in [3.05, 3.63) is 71.3 Å². The number of methoxy groups -OCH3 is 1. The van der Waals surface area contributed by atoms with Crippen LogP contribution >= 0.6 is 0 Å². The van der Waals surface area contributed by atoms with Crippen molar-refractivity contribution < 1.29 is 23.9 Å². The lowest BCUT2D eigenvalue weighted by Crippen LogP contribution is -2.34. The van der Waals surface area contributed by atoms with Crippen LogP contribution in [0.4, 0.5) is 0 Å². The zero-order valence-corrected chi connectivity index (χ0v) is 15.1. The minimum absolute atomic E-state index is 0.210. The molecule has 0 N–H and O–H groups in total. The van der Waals surface area contributed by atoms with Gasteiger partial charge in [-0.15, -0.1) is 0 Å². The number of ether oxygens (including phenoxy) is 2. The minimum atomic E-state index is -0.989. The number of hydrogen-bond donors (Lipinski definition) is 0. The third kappa shape index (κ3) is 4.34. The summed E-state index contributed by atoms with van der Waals surface area (Å²) in [7, 11) is 1.29. The lowest BCUT2D eigenvalue weighted by Gasteiger charge is -2.23. The Bertz CT molecular complexity index is 810. The molecule has 140 valence electrons. The smallest absolute Gasteiger partial charge is 0.339 e. The maximum Gasteiger partial charge on any atom is 0.339 e. The van der Waals surface area contributed by atoms with Crippen molar-refractivity contribution in [1.29, 1.82) is 0 Å². The molecule has 0 radical (unpaired) electrons. The van der Waals surface area contributed by atoms with Crippen molar-refractivity contribution >= 4 is 17.8 Å². The van der Waals surface area contributed by atoms with Gasteiger partial charge in [-0.25, -0.2) is 9.59 Å². The molecule has 27 heavy (non-hydrogen) atoms. The van der Waals surface area contributed by atoms with Crippen LogP contribution in [0.15, 0.2) is 54.6 Å². The van der Waals surface area contributed by atoms with Crippen LogP contribution in [-0.4, -0.2) is 42.9 Å². The second kappa shape index (κ2) is 8.49. The summed E-state index contributed by atoms with van der Waals surface area (Å²) < 4.78 is 10.2. The zero-order chi connectivity index (χ0) is 19.2. The van der Waals surface area contributed by atoms with Crippen molar-refractivity contribution in [1.82, 2.24) is 4.90 Å². The monoisotopic (exact) mass is 367 g/mol. The molecule has 2 aromatic carbocycles. The molecule has 0 bridgehead atoms. The van der Waals surface area contributed by atoms with Gasteiger partial charge in [0, 0.05) is 18.7 Å². The van der Waals surface area contributed by atoms with E-state index < -0.39 is 18.0 Å². The quantitative estimate of drug-likeness (QED) is 0.760. The van der Waals surface area contributed by atoms with E-state index in [1.807, 2.05) is 6.07 Å². The molecule has 1 fully saturated rings. The van der Waals surface area contributed by atoms with E-state index in [0.717, 1.165) is 12.8 Å². The van der Waals surface area contributed by atoms with Crippen LogP contribution in [0.1, 0.15) is 45.2 Å². The fourth-order valence-corrected chi connectivity index (χ4v) is 3.03. The molecule has 0 unspecified atom stereocenters. The Morgan fingerprint density at radius 2 is 1.41 bits per heavy atom. The van der Waals surface area contributed by atoms with E-state index in [4.69, 9.17) is 4.74 Å². The first-order chi connectivity index (χ1) is 13.1. The molecular formula is C21H21NO5. The van der Waals surface area contributed by atoms with Crippen LogP contribution in [0.25, 0.3) is 0 Å². The summed E-state index contributed by atoms with van der Waals surface area (Å²) >= 11 is 0. The second-order valence-electron chi connectivity index (χ2n) is 6.30. The van der Waals surface area contributed by atoms with Crippen molar-refractivity contribution in [2.75, 3.05) is 20.2 Å². The lowest BCUT2D eigenvalue weighted by molar-refractivity contribution is -0.140. The summed E-state index contributed by atoms with van der Waals surface area (Å²) in [5, 5.41) is 0. The average Bonchev–Trinajstić information content (AvgIpc) is 3.26. The molecule has 1 heterocycles. The third-order valence-corrected chi connectivity index (χ3v) is 4.51. The Morgan fingerprint density at radius 3 is 1.96 bits per heavy atom. The fourth-order valence-electron chi connectivity index (χ4n) is 3.03. The van der Waals surface area contributed by atoms with Crippen LogP contribution in [-0.2, 0) is 14.3 Å². The summed E-state index contributed by atoms with van der Waals surface area (Å²) in [6.07, 6.45) is 0.920. The van der Waals surface area contributed by atoms with E-state index >= 15 is 0 Å². The number of benzene rings is 2. The van der Waals surface area contributed by atoms with Gasteiger partial charge in [-0.3, -0.25) is 4.79 Å². The van der Waals surface area contributed by atoms with Gasteiger partial charge in [0.1, 0.15) is 0 Å². The van der Waals surface area contributed by atoms with E-state index in [1.165, 1.54) is 31.4 Å². The zero-order valence-electron chi connectivity index (χ0n) is 15.1. The molecule has 3 rings (SSSR count). The lowest BCUT2D eigenvalue weighted by atomic mass is 10.1. The van der Waals surface area contributed by atoms with Crippen LogP contribution in [0.5, 0.6) is 0 Å². The van der Waals surface area contributed by atoms with E-state index in [0.29, 0.717) is 24.2 Å². The van der Waals surface area contributed by atoms with Gasteiger partial charge < -0.3 is 14.4 Å². The molecule has 0 aliphatic carbocycles. The van der Waals surface area contributed by atoms with Crippen LogP contribution in [0.3, 0.4) is 0 Å². The molecule has 1 amide bonds. The molecule has 0 saturated carbocycles. The first-order valence-corrected chi connectivity index (χ1v) is 8.83. The van der Waals surface area contributed by atoms with Gasteiger partial charge in [0.05, 0.1) is 18.2 Å². The van der Waals surface area contributed by atoms with Gasteiger partial charge in [0.2, 0.25) is 6.10 Å². The molecule has 0 aromatic heterocycles. The molecule has 2 aromatic rings. The first-order valence-electron chi connectivity index (χ1n) is 8.83. The van der Waals surface area contributed by atoms with Gasteiger partial charge in [0.25, 0.3) is 5.91 Å². The predicted octanol–water partition coefficient (Wildman–Crippen LogP) is 2.99. The molecule has 1 saturated heterocycles. The molecule has 0 spiro atoms. The summed E-state index contributed by atoms with van der Waals surface area (Å²) in [6.45, 7) is 1.35. The Balaban J connectivity index is 1.80. The van der Waals surface area contributed by atoms with Crippen molar-refractivity contribution in [2.45, 2.75) is 18.9 Å². The van der Waals surface area contributed by atoms with Crippen molar-refractivity contribution in [2.24, 2.45) is 0 Å². The Labute approximate surface area is 157 Å². The fraction of sp³-hybridized carbons (Fsp3) is 0.286. The van der Waals surface area contributed by atoms with Crippen molar-refractivity contribution in [3.63, 3.8) is 0 Å². The van der Waals surface area contributed by atoms with Gasteiger partial charge in [-0.2, -0.15) is 0 Å². The summed E-state index contributed by atoms with van der Waals surface area (Å²) in [5.41, 5.74) is 1.23. The highest BCUT2D eigenvalue weighted by Gasteiger charge is 2.31. The van der Waals surface area contributed by atoms with E-state index in [9.17, 15) is 14.4 Å². The minimum Gasteiger partial charge on any atom is -0.465 e. The Kier molecular flexibility index (Phi) is 5.86. The summed E-state index contributed by atoms with van der Waals surface area (Å²) in [5.74, 6) is -1.31. The highest BCUT2D eigenvalue weighted by atomic mass is 16.5. The maximum atomic E-state index is 12.9. The number of amides is 1. The Hall–Kier alpha value is -3.15. The van der Waals surface area contributed by atoms with E-state index in [2.05, 4.69) is 4.74 Å². The number of nitrogens with zero attached hydrogens (tertiary/aromatic N) is 1. The molecule has 1 aliphatic heterocycles. The highest BCUT2D eigenvalue weighted by molar-refractivity contribution is 5.95. The molecular weight excluding hydrogens is 346 g/mol. The number of likely N-dealkylation sites (tertiary alicyclic amines) is 1. The van der Waals surface area contributed by atoms with Crippen LogP contribution in [0, 0.1) is 0 Å². The molecule has 1 aliphatic rings. The average molecular weight is 367 g/mol. The normalized spacial score (nSPS) is 14.5. The van der Waals surface area contributed by atoms with Gasteiger partial charge >= 0.3 is 11.9 Å². The van der Waals surface area contributed by atoms with Gasteiger partial charge in [0.15, 0.2) is 0 Å². The van der Waals surface area contributed by atoms with Crippen LogP contribution in [0.2, 0.25) is 0 Å². The summed E-state index contributed by atoms with van der Waals surface area (Å²) in [4.78, 5) is 38.7. The molecule has 6 nitrogen and oxygen atoms in total. The maximum absolute atomic E-state index is 12.9. The van der Waals surface area contributed by atoms with E-state index in [-0.39, 0.29) is 11.5 Å². The van der Waals surface area contributed by atoms with Crippen LogP contribution < -0.4 is 0 Å². The van der Waals surface area contributed by atoms with Gasteiger partial charge in [-0.05, 0) is 37.1 Å².